The Labute approximate surface area is 195 Å². The van der Waals surface area contributed by atoms with Gasteiger partial charge in [-0.05, 0) is 35.8 Å². The molecule has 0 bridgehead atoms. The van der Waals surface area contributed by atoms with Crippen molar-refractivity contribution in [2.45, 2.75) is 44.2 Å². The summed E-state index contributed by atoms with van der Waals surface area (Å²) in [6, 6.07) is 15.2. The molecule has 2 aromatic rings. The Morgan fingerprint density at radius 1 is 1.18 bits per heavy atom. The van der Waals surface area contributed by atoms with Crippen LogP contribution in [-0.4, -0.2) is 38.2 Å². The maximum Gasteiger partial charge on any atom is 0.355 e. The van der Waals surface area contributed by atoms with E-state index in [0.717, 1.165) is 17.0 Å². The molecule has 2 aliphatic rings. The first kappa shape index (κ1) is 22.7. The van der Waals surface area contributed by atoms with Crippen molar-refractivity contribution in [1.82, 2.24) is 4.90 Å². The van der Waals surface area contributed by atoms with Gasteiger partial charge in [0.1, 0.15) is 17.7 Å². The van der Waals surface area contributed by atoms with Crippen LogP contribution in [0.15, 0.2) is 65.3 Å². The first-order valence-electron chi connectivity index (χ1n) is 10.6. The Hall–Kier alpha value is -3.46. The number of hydrogen-bond donors (Lipinski definition) is 0. The Morgan fingerprint density at radius 2 is 1.91 bits per heavy atom. The summed E-state index contributed by atoms with van der Waals surface area (Å²) in [5.74, 6) is -0.882. The molecule has 8 nitrogen and oxygen atoms in total. The Morgan fingerprint density at radius 3 is 2.58 bits per heavy atom. The van der Waals surface area contributed by atoms with E-state index in [1.807, 2.05) is 37.3 Å². The van der Waals surface area contributed by atoms with Crippen molar-refractivity contribution >= 4 is 34.4 Å². The van der Waals surface area contributed by atoms with Crippen molar-refractivity contribution < 1.29 is 19.2 Å². The molecule has 2 aromatic carbocycles. The smallest absolute Gasteiger partial charge is 0.355 e. The van der Waals surface area contributed by atoms with Crippen LogP contribution in [0, 0.1) is 16.2 Å². The number of rotatable bonds is 9. The zero-order chi connectivity index (χ0) is 23.4. The molecule has 4 rings (SSSR count). The number of β-lactam (4-membered cyclic amide) rings is 1. The minimum Gasteiger partial charge on any atom is -0.456 e. The fourth-order valence-electron chi connectivity index (χ4n) is 3.54. The molecular formula is C24H22N3O5S. The molecule has 0 spiro atoms. The number of amides is 1. The zero-order valence-corrected chi connectivity index (χ0v) is 18.8. The van der Waals surface area contributed by atoms with Crippen molar-refractivity contribution in [2.75, 3.05) is 0 Å². The standard InChI is InChI=1S/C24H22N3O5S/c1-2-3-9-19(24(29)32-15-17-10-12-18(13-11-17)27(30)31)26-22(28)21-23(26)33-20(25-21)14-16-7-5-4-6-8-16/h4-8,10-13,21,23H,2-3,14-15H2,1H3. The second kappa shape index (κ2) is 9.99. The number of esters is 1. The molecular weight excluding hydrogens is 442 g/mol. The molecule has 33 heavy (non-hydrogen) atoms. The van der Waals surface area contributed by atoms with Crippen molar-refractivity contribution in [2.24, 2.45) is 4.99 Å². The third-order valence-corrected chi connectivity index (χ3v) is 6.48. The largest absolute Gasteiger partial charge is 0.456 e. The summed E-state index contributed by atoms with van der Waals surface area (Å²) in [6.45, 7) is 1.89. The van der Waals surface area contributed by atoms with E-state index in [1.54, 1.807) is 0 Å². The highest BCUT2D eigenvalue weighted by Crippen LogP contribution is 2.42. The lowest BCUT2D eigenvalue weighted by Gasteiger charge is -2.41. The topological polar surface area (TPSA) is 102 Å². The molecule has 0 saturated carbocycles. The number of carbonyl (C=O) groups is 2. The van der Waals surface area contributed by atoms with Crippen molar-refractivity contribution in [3.63, 3.8) is 0 Å². The van der Waals surface area contributed by atoms with E-state index in [4.69, 9.17) is 4.74 Å². The van der Waals surface area contributed by atoms with Gasteiger partial charge >= 0.3 is 5.97 Å². The van der Waals surface area contributed by atoms with Gasteiger partial charge in [0.05, 0.1) is 9.97 Å². The normalized spacial score (nSPS) is 19.5. The highest BCUT2D eigenvalue weighted by Gasteiger charge is 2.54. The van der Waals surface area contributed by atoms with E-state index < -0.39 is 16.9 Å². The fraction of sp³-hybridized carbons (Fsp3) is 0.292. The van der Waals surface area contributed by atoms with Gasteiger partial charge in [-0.2, -0.15) is 0 Å². The molecule has 0 N–H and O–H groups in total. The molecule has 2 atom stereocenters. The molecule has 9 heteroatoms. The number of allylic oxidation sites excluding steroid dienone is 1. The Bertz CT molecular complexity index is 1110. The lowest BCUT2D eigenvalue weighted by Crippen LogP contribution is -2.61. The molecule has 2 unspecified atom stereocenters. The van der Waals surface area contributed by atoms with Gasteiger partial charge in [-0.3, -0.25) is 24.8 Å². The van der Waals surface area contributed by atoms with Crippen LogP contribution in [0.5, 0.6) is 0 Å². The number of nitrogens with zero attached hydrogens (tertiary/aromatic N) is 3. The Kier molecular flexibility index (Phi) is 6.88. The van der Waals surface area contributed by atoms with Crippen molar-refractivity contribution in [3.05, 3.63) is 87.6 Å². The van der Waals surface area contributed by atoms with E-state index in [1.165, 1.54) is 40.9 Å². The summed E-state index contributed by atoms with van der Waals surface area (Å²) in [5.41, 5.74) is 1.79. The highest BCUT2D eigenvalue weighted by atomic mass is 32.2. The van der Waals surface area contributed by atoms with Gasteiger partial charge in [-0.15, -0.1) is 0 Å². The summed E-state index contributed by atoms with van der Waals surface area (Å²) in [7, 11) is 0. The summed E-state index contributed by atoms with van der Waals surface area (Å²) < 4.78 is 5.41. The number of nitro benzene ring substituents is 1. The van der Waals surface area contributed by atoms with Crippen LogP contribution < -0.4 is 0 Å². The van der Waals surface area contributed by atoms with Crippen LogP contribution in [-0.2, 0) is 27.4 Å². The van der Waals surface area contributed by atoms with Gasteiger partial charge in [0.25, 0.3) is 11.6 Å². The van der Waals surface area contributed by atoms with Crippen LogP contribution in [0.25, 0.3) is 0 Å². The Balaban J connectivity index is 1.42. The number of likely N-dealkylation sites (tertiary alicyclic amines) is 1. The molecule has 2 heterocycles. The fourth-order valence-corrected chi connectivity index (χ4v) is 4.86. The molecule has 1 fully saturated rings. The summed E-state index contributed by atoms with van der Waals surface area (Å²) in [6.07, 6.45) is 4.94. The highest BCUT2D eigenvalue weighted by molar-refractivity contribution is 8.14. The minimum atomic E-state index is -0.647. The number of carbonyl (C=O) groups excluding carboxylic acids is 2. The third kappa shape index (κ3) is 4.98. The number of unbranched alkanes of at least 4 members (excludes halogenated alkanes) is 1. The summed E-state index contributed by atoms with van der Waals surface area (Å²) in [4.78, 5) is 42.0. The van der Waals surface area contributed by atoms with E-state index in [2.05, 4.69) is 11.1 Å². The molecule has 0 aliphatic carbocycles. The zero-order valence-electron chi connectivity index (χ0n) is 18.0. The lowest BCUT2D eigenvalue weighted by atomic mass is 10.1. The maximum atomic E-state index is 12.9. The van der Waals surface area contributed by atoms with Crippen LogP contribution in [0.2, 0.25) is 0 Å². The minimum absolute atomic E-state index is 0.0382. The third-order valence-electron chi connectivity index (χ3n) is 5.25. The number of ether oxygens (including phenoxy) is 1. The average molecular weight is 465 g/mol. The first-order chi connectivity index (χ1) is 16.0. The number of benzene rings is 2. The lowest BCUT2D eigenvalue weighted by molar-refractivity contribution is -0.384. The molecule has 1 radical (unpaired) electrons. The van der Waals surface area contributed by atoms with Crippen LogP contribution in [0.1, 0.15) is 30.9 Å². The van der Waals surface area contributed by atoms with Gasteiger partial charge in [0.2, 0.25) is 0 Å². The van der Waals surface area contributed by atoms with E-state index in [-0.39, 0.29) is 29.3 Å². The number of hydrogen-bond acceptors (Lipinski definition) is 7. The predicted molar refractivity (Wildman–Crippen MR) is 124 cm³/mol. The number of non-ortho nitro benzene ring substituents is 1. The monoisotopic (exact) mass is 464 g/mol. The number of fused-ring (bicyclic) bond motifs is 1. The van der Waals surface area contributed by atoms with Gasteiger partial charge in [0, 0.05) is 18.6 Å². The summed E-state index contributed by atoms with van der Waals surface area (Å²) in [5, 5.41) is 11.4. The van der Waals surface area contributed by atoms with Gasteiger partial charge in [0.15, 0.2) is 6.04 Å². The average Bonchev–Trinajstić information content (AvgIpc) is 3.19. The predicted octanol–water partition coefficient (Wildman–Crippen LogP) is 4.05. The van der Waals surface area contributed by atoms with Gasteiger partial charge in [-0.1, -0.05) is 55.4 Å². The maximum absolute atomic E-state index is 12.9. The van der Waals surface area contributed by atoms with Gasteiger partial charge in [-0.25, -0.2) is 4.79 Å². The van der Waals surface area contributed by atoms with E-state index in [0.29, 0.717) is 18.4 Å². The number of thioether (sulfide) groups is 1. The van der Waals surface area contributed by atoms with Gasteiger partial charge < -0.3 is 4.74 Å². The quantitative estimate of drug-likeness (QED) is 0.182. The van der Waals surface area contributed by atoms with Crippen LogP contribution in [0.3, 0.4) is 0 Å². The van der Waals surface area contributed by atoms with E-state index in [9.17, 15) is 19.7 Å². The number of nitro groups is 1. The van der Waals surface area contributed by atoms with Crippen LogP contribution in [0.4, 0.5) is 5.69 Å². The number of aliphatic imine (C=N–C) groups is 1. The second-order valence-electron chi connectivity index (χ2n) is 7.62. The van der Waals surface area contributed by atoms with E-state index >= 15 is 0 Å². The van der Waals surface area contributed by atoms with Crippen LogP contribution >= 0.6 is 11.8 Å². The molecule has 2 aliphatic heterocycles. The molecule has 1 amide bonds. The second-order valence-corrected chi connectivity index (χ2v) is 8.81. The molecule has 0 aromatic heterocycles. The van der Waals surface area contributed by atoms with Crippen molar-refractivity contribution in [3.8, 4) is 0 Å². The SMILES string of the molecule is CCC[C]=C(C(=O)OCc1ccc([N+](=O)[O-])cc1)N1C(=O)C2N=C(Cc3ccccc3)SC21. The molecule has 1 saturated heterocycles. The summed E-state index contributed by atoms with van der Waals surface area (Å²) >= 11 is 1.49. The molecule has 169 valence electrons. The first-order valence-corrected chi connectivity index (χ1v) is 11.5. The van der Waals surface area contributed by atoms with Crippen molar-refractivity contribution in [1.29, 1.82) is 0 Å².